The maximum Gasteiger partial charge on any atom is 0.0404 e. The second-order valence-electron chi connectivity index (χ2n) is 3.86. The maximum absolute atomic E-state index is 6.26. The molecule has 0 N–H and O–H groups in total. The topological polar surface area (TPSA) is 12.9 Å². The van der Waals surface area contributed by atoms with Crippen molar-refractivity contribution in [1.29, 1.82) is 0 Å². The lowest BCUT2D eigenvalue weighted by Gasteiger charge is -2.09. The molecular formula is C11H14ClN. The maximum atomic E-state index is 6.26. The van der Waals surface area contributed by atoms with E-state index in [1.165, 1.54) is 24.0 Å². The summed E-state index contributed by atoms with van der Waals surface area (Å²) < 4.78 is 0. The molecule has 1 fully saturated rings. The molecular weight excluding hydrogens is 182 g/mol. The Balaban J connectivity index is 2.03. The quantitative estimate of drug-likeness (QED) is 0.676. The lowest BCUT2D eigenvalue weighted by Crippen LogP contribution is -2.06. The van der Waals surface area contributed by atoms with Crippen LogP contribution in [0.4, 0.5) is 0 Å². The molecule has 0 spiro atoms. The first kappa shape index (κ1) is 9.01. The summed E-state index contributed by atoms with van der Waals surface area (Å²) in [4.78, 5) is 4.07. The lowest BCUT2D eigenvalue weighted by molar-refractivity contribution is 0.734. The summed E-state index contributed by atoms with van der Waals surface area (Å²) in [5.74, 6) is 0.772. The summed E-state index contributed by atoms with van der Waals surface area (Å²) in [6.45, 7) is 2.10. The van der Waals surface area contributed by atoms with E-state index in [9.17, 15) is 0 Å². The summed E-state index contributed by atoms with van der Waals surface area (Å²) in [6, 6.07) is 2.08. The van der Waals surface area contributed by atoms with Gasteiger partial charge in [0.15, 0.2) is 0 Å². The van der Waals surface area contributed by atoms with E-state index in [2.05, 4.69) is 18.0 Å². The van der Waals surface area contributed by atoms with Gasteiger partial charge in [-0.2, -0.15) is 0 Å². The molecule has 1 saturated carbocycles. The van der Waals surface area contributed by atoms with Crippen molar-refractivity contribution in [3.05, 3.63) is 29.6 Å². The van der Waals surface area contributed by atoms with Gasteiger partial charge >= 0.3 is 0 Å². The molecule has 0 aliphatic heterocycles. The third-order valence-corrected chi connectivity index (χ3v) is 3.20. The van der Waals surface area contributed by atoms with Crippen LogP contribution in [0.5, 0.6) is 0 Å². The Hall–Kier alpha value is -0.560. The van der Waals surface area contributed by atoms with Crippen molar-refractivity contribution in [1.82, 2.24) is 4.98 Å². The van der Waals surface area contributed by atoms with Gasteiger partial charge in [-0.15, -0.1) is 11.6 Å². The van der Waals surface area contributed by atoms with Crippen LogP contribution in [-0.4, -0.2) is 10.4 Å². The zero-order valence-corrected chi connectivity index (χ0v) is 8.59. The molecule has 1 nitrogen and oxygen atoms in total. The zero-order chi connectivity index (χ0) is 9.26. The molecule has 0 saturated heterocycles. The van der Waals surface area contributed by atoms with E-state index < -0.39 is 0 Å². The molecule has 2 rings (SSSR count). The predicted molar refractivity (Wildman–Crippen MR) is 55.0 cm³/mol. The van der Waals surface area contributed by atoms with Gasteiger partial charge in [-0.25, -0.2) is 0 Å². The first-order valence-corrected chi connectivity index (χ1v) is 5.24. The predicted octanol–water partition coefficient (Wildman–Crippen LogP) is 2.95. The number of hydrogen-bond donors (Lipinski definition) is 0. The Morgan fingerprint density at radius 2 is 2.38 bits per heavy atom. The van der Waals surface area contributed by atoms with Gasteiger partial charge in [0, 0.05) is 17.8 Å². The number of aryl methyl sites for hydroxylation is 1. The Morgan fingerprint density at radius 3 is 3.00 bits per heavy atom. The summed E-state index contributed by atoms with van der Waals surface area (Å²) >= 11 is 6.26. The number of alkyl halides is 1. The Labute approximate surface area is 84.1 Å². The second kappa shape index (κ2) is 3.67. The van der Waals surface area contributed by atoms with Crippen LogP contribution >= 0.6 is 11.6 Å². The molecule has 13 heavy (non-hydrogen) atoms. The van der Waals surface area contributed by atoms with Crippen molar-refractivity contribution in [2.45, 2.75) is 31.6 Å². The van der Waals surface area contributed by atoms with E-state index in [1.54, 1.807) is 0 Å². The highest BCUT2D eigenvalue weighted by Gasteiger charge is 2.29. The summed E-state index contributed by atoms with van der Waals surface area (Å²) in [7, 11) is 0. The molecule has 2 heteroatoms. The number of nitrogens with zero attached hydrogens (tertiary/aromatic N) is 1. The van der Waals surface area contributed by atoms with Crippen LogP contribution in [0, 0.1) is 12.8 Å². The second-order valence-corrected chi connectivity index (χ2v) is 4.42. The molecule has 1 aromatic rings. The van der Waals surface area contributed by atoms with Crippen molar-refractivity contribution < 1.29 is 0 Å². The third kappa shape index (κ3) is 2.22. The van der Waals surface area contributed by atoms with Gasteiger partial charge in [0.1, 0.15) is 0 Å². The van der Waals surface area contributed by atoms with E-state index in [1.807, 2.05) is 12.4 Å². The lowest BCUT2D eigenvalue weighted by atomic mass is 10.0. The highest BCUT2D eigenvalue weighted by atomic mass is 35.5. The van der Waals surface area contributed by atoms with E-state index in [4.69, 9.17) is 11.6 Å². The van der Waals surface area contributed by atoms with Crippen LogP contribution in [0.1, 0.15) is 24.0 Å². The van der Waals surface area contributed by atoms with Crippen LogP contribution in [0.15, 0.2) is 18.5 Å². The Bertz CT molecular complexity index is 294. The van der Waals surface area contributed by atoms with Crippen molar-refractivity contribution in [2.75, 3.05) is 0 Å². The highest BCUT2D eigenvalue weighted by molar-refractivity contribution is 6.21. The molecule has 0 radical (unpaired) electrons. The fourth-order valence-corrected chi connectivity index (χ4v) is 1.98. The van der Waals surface area contributed by atoms with E-state index in [0.29, 0.717) is 5.38 Å². The minimum Gasteiger partial charge on any atom is -0.264 e. The van der Waals surface area contributed by atoms with Crippen LogP contribution in [0.25, 0.3) is 0 Å². The van der Waals surface area contributed by atoms with Gasteiger partial charge in [-0.1, -0.05) is 0 Å². The molecule has 70 valence electrons. The minimum absolute atomic E-state index is 0.334. The summed E-state index contributed by atoms with van der Waals surface area (Å²) in [5.41, 5.74) is 2.61. The Kier molecular flexibility index (Phi) is 2.54. The molecule has 0 aromatic carbocycles. The number of halogens is 1. The fourth-order valence-electron chi connectivity index (χ4n) is 1.57. The Morgan fingerprint density at radius 1 is 1.62 bits per heavy atom. The molecule has 1 aromatic heterocycles. The number of pyridine rings is 1. The van der Waals surface area contributed by atoms with Gasteiger partial charge in [0.05, 0.1) is 0 Å². The molecule has 1 unspecified atom stereocenters. The van der Waals surface area contributed by atoms with Gasteiger partial charge in [0.2, 0.25) is 0 Å². The van der Waals surface area contributed by atoms with Crippen LogP contribution < -0.4 is 0 Å². The fraction of sp³-hybridized carbons (Fsp3) is 0.545. The first-order chi connectivity index (χ1) is 6.27. The van der Waals surface area contributed by atoms with Crippen LogP contribution in [-0.2, 0) is 6.42 Å². The third-order valence-electron chi connectivity index (χ3n) is 2.68. The van der Waals surface area contributed by atoms with Crippen LogP contribution in [0.3, 0.4) is 0 Å². The van der Waals surface area contributed by atoms with Gasteiger partial charge in [0.25, 0.3) is 0 Å². The monoisotopic (exact) mass is 195 g/mol. The first-order valence-electron chi connectivity index (χ1n) is 4.81. The number of hydrogen-bond acceptors (Lipinski definition) is 1. The summed E-state index contributed by atoms with van der Waals surface area (Å²) in [6.07, 6.45) is 7.39. The number of rotatable bonds is 3. The normalized spacial score (nSPS) is 18.6. The molecule has 0 bridgehead atoms. The average molecular weight is 196 g/mol. The van der Waals surface area contributed by atoms with Crippen molar-refractivity contribution in [2.24, 2.45) is 5.92 Å². The van der Waals surface area contributed by atoms with Gasteiger partial charge in [-0.3, -0.25) is 4.98 Å². The number of aromatic nitrogens is 1. The molecule has 1 aliphatic carbocycles. The van der Waals surface area contributed by atoms with E-state index in [-0.39, 0.29) is 0 Å². The zero-order valence-electron chi connectivity index (χ0n) is 7.83. The van der Waals surface area contributed by atoms with E-state index >= 15 is 0 Å². The molecule has 1 atom stereocenters. The van der Waals surface area contributed by atoms with E-state index in [0.717, 1.165) is 12.3 Å². The summed E-state index contributed by atoms with van der Waals surface area (Å²) in [5, 5.41) is 0.334. The van der Waals surface area contributed by atoms with Crippen molar-refractivity contribution in [3.8, 4) is 0 Å². The van der Waals surface area contributed by atoms with Crippen molar-refractivity contribution >= 4 is 11.6 Å². The van der Waals surface area contributed by atoms with Gasteiger partial charge < -0.3 is 0 Å². The minimum atomic E-state index is 0.334. The standard InChI is InChI=1S/C11H14ClN/c1-8-7-13-5-4-10(8)6-11(12)9-2-3-9/h4-5,7,9,11H,2-3,6H2,1H3. The van der Waals surface area contributed by atoms with Crippen molar-refractivity contribution in [3.63, 3.8) is 0 Å². The van der Waals surface area contributed by atoms with Gasteiger partial charge in [-0.05, 0) is 49.3 Å². The SMILES string of the molecule is Cc1cnccc1CC(Cl)C1CC1. The highest BCUT2D eigenvalue weighted by Crippen LogP contribution is 2.37. The molecule has 1 aliphatic rings. The van der Waals surface area contributed by atoms with Crippen LogP contribution in [0.2, 0.25) is 0 Å². The molecule has 1 heterocycles. The largest absolute Gasteiger partial charge is 0.264 e. The average Bonchev–Trinajstić information content (AvgIpc) is 2.91. The smallest absolute Gasteiger partial charge is 0.0404 e. The molecule has 0 amide bonds.